The van der Waals surface area contributed by atoms with E-state index in [2.05, 4.69) is 19.9 Å². The molecule has 34 heavy (non-hydrogen) atoms. The third-order valence-corrected chi connectivity index (χ3v) is 7.80. The van der Waals surface area contributed by atoms with Crippen molar-refractivity contribution in [3.63, 3.8) is 0 Å². The molecule has 1 aliphatic rings. The minimum absolute atomic E-state index is 0.00264. The van der Waals surface area contributed by atoms with E-state index in [1.807, 2.05) is 0 Å². The van der Waals surface area contributed by atoms with Crippen molar-refractivity contribution in [1.29, 1.82) is 0 Å². The summed E-state index contributed by atoms with van der Waals surface area (Å²) >= 11 is 6.95. The van der Waals surface area contributed by atoms with Crippen LogP contribution in [0.25, 0.3) is 0 Å². The Bertz CT molecular complexity index is 1230. The Morgan fingerprint density at radius 3 is 2.59 bits per heavy atom. The summed E-state index contributed by atoms with van der Waals surface area (Å²) in [6.45, 7) is 1.39. The van der Waals surface area contributed by atoms with Gasteiger partial charge in [0.15, 0.2) is 5.13 Å². The van der Waals surface area contributed by atoms with Crippen LogP contribution in [-0.2, 0) is 21.4 Å². The highest BCUT2D eigenvalue weighted by Gasteiger charge is 2.22. The van der Waals surface area contributed by atoms with Crippen molar-refractivity contribution in [2.75, 3.05) is 22.7 Å². The zero-order valence-electron chi connectivity index (χ0n) is 17.9. The number of alkyl carbamates (subject to hydrolysis) is 1. The lowest BCUT2D eigenvalue weighted by Crippen LogP contribution is -2.44. The molecule has 8 nitrogen and oxygen atoms in total. The molecule has 1 amide bonds. The van der Waals surface area contributed by atoms with Gasteiger partial charge in [-0.15, -0.1) is 11.3 Å². The molecule has 180 valence electrons. The van der Waals surface area contributed by atoms with Crippen molar-refractivity contribution >= 4 is 49.9 Å². The molecule has 1 aliphatic heterocycles. The van der Waals surface area contributed by atoms with Gasteiger partial charge in [-0.2, -0.15) is 0 Å². The lowest BCUT2D eigenvalue weighted by Gasteiger charge is -2.33. The van der Waals surface area contributed by atoms with Gasteiger partial charge in [-0.05, 0) is 54.8 Å². The van der Waals surface area contributed by atoms with Gasteiger partial charge in [0.05, 0.1) is 9.92 Å². The molecule has 1 saturated heterocycles. The van der Waals surface area contributed by atoms with Crippen LogP contribution in [0, 0.1) is 5.82 Å². The minimum Gasteiger partial charge on any atom is -0.445 e. The van der Waals surface area contributed by atoms with E-state index in [9.17, 15) is 17.6 Å². The molecular weight excluding hydrogens is 503 g/mol. The molecule has 3 aromatic rings. The maximum atomic E-state index is 13.2. The number of carbonyl (C=O) groups is 1. The topological polar surface area (TPSA) is 101 Å². The molecule has 2 aromatic carbocycles. The normalized spacial score (nSPS) is 14.6. The highest BCUT2D eigenvalue weighted by molar-refractivity contribution is 7.93. The number of aromatic nitrogens is 1. The first kappa shape index (κ1) is 24.2. The molecule has 1 aromatic heterocycles. The van der Waals surface area contributed by atoms with Crippen LogP contribution in [0.5, 0.6) is 0 Å². The Hall–Kier alpha value is -2.89. The van der Waals surface area contributed by atoms with Crippen molar-refractivity contribution in [3.8, 4) is 0 Å². The number of rotatable bonds is 7. The first-order chi connectivity index (χ1) is 16.3. The van der Waals surface area contributed by atoms with Gasteiger partial charge in [0.2, 0.25) is 0 Å². The molecule has 0 atom stereocenters. The molecule has 0 bridgehead atoms. The van der Waals surface area contributed by atoms with Crippen LogP contribution in [0.1, 0.15) is 18.4 Å². The summed E-state index contributed by atoms with van der Waals surface area (Å²) in [5, 5.41) is 4.84. The van der Waals surface area contributed by atoms with Crippen molar-refractivity contribution < 1.29 is 22.3 Å². The number of hydrogen-bond donors (Lipinski definition) is 2. The largest absolute Gasteiger partial charge is 0.445 e. The number of halogens is 2. The number of nitrogens with one attached hydrogen (secondary N) is 2. The number of nitrogens with zero attached hydrogens (tertiary/aromatic N) is 2. The quantitative estimate of drug-likeness (QED) is 0.467. The average Bonchev–Trinajstić information content (AvgIpc) is 3.33. The predicted molar refractivity (Wildman–Crippen MR) is 129 cm³/mol. The summed E-state index contributed by atoms with van der Waals surface area (Å²) in [5.74, 6) is -0.523. The van der Waals surface area contributed by atoms with E-state index in [1.165, 1.54) is 35.7 Å². The van der Waals surface area contributed by atoms with Crippen LogP contribution in [0.2, 0.25) is 5.02 Å². The van der Waals surface area contributed by atoms with Crippen LogP contribution in [0.3, 0.4) is 0 Å². The van der Waals surface area contributed by atoms with Gasteiger partial charge < -0.3 is 15.0 Å². The summed E-state index contributed by atoms with van der Waals surface area (Å²) < 4.78 is 45.8. The lowest BCUT2D eigenvalue weighted by atomic mass is 10.0. The summed E-state index contributed by atoms with van der Waals surface area (Å²) in [7, 11) is -3.69. The second kappa shape index (κ2) is 10.6. The second-order valence-electron chi connectivity index (χ2n) is 7.67. The first-order valence-electron chi connectivity index (χ1n) is 10.4. The fourth-order valence-electron chi connectivity index (χ4n) is 3.55. The molecule has 0 aliphatic carbocycles. The zero-order valence-corrected chi connectivity index (χ0v) is 20.3. The van der Waals surface area contributed by atoms with Gasteiger partial charge in [0, 0.05) is 36.4 Å². The predicted octanol–water partition coefficient (Wildman–Crippen LogP) is 4.63. The van der Waals surface area contributed by atoms with Crippen molar-refractivity contribution in [3.05, 3.63) is 70.4 Å². The van der Waals surface area contributed by atoms with Crippen LogP contribution < -0.4 is 14.9 Å². The Morgan fingerprint density at radius 1 is 1.21 bits per heavy atom. The number of carbonyl (C=O) groups excluding carboxylic acids is 1. The fourth-order valence-corrected chi connectivity index (χ4v) is 5.54. The first-order valence-corrected chi connectivity index (χ1v) is 13.2. The molecule has 1 fully saturated rings. The molecule has 2 N–H and O–H groups in total. The Labute approximate surface area is 205 Å². The van der Waals surface area contributed by atoms with E-state index in [0.29, 0.717) is 36.6 Å². The molecule has 12 heteroatoms. The molecule has 4 rings (SSSR count). The van der Waals surface area contributed by atoms with Gasteiger partial charge in [0.25, 0.3) is 10.0 Å². The van der Waals surface area contributed by atoms with Crippen molar-refractivity contribution in [1.82, 2.24) is 10.3 Å². The van der Waals surface area contributed by atoms with Crippen molar-refractivity contribution in [2.24, 2.45) is 0 Å². The highest BCUT2D eigenvalue weighted by atomic mass is 35.5. The zero-order chi connectivity index (χ0) is 24.1. The number of hydrogen-bond acceptors (Lipinski definition) is 7. The number of benzene rings is 2. The van der Waals surface area contributed by atoms with Crippen LogP contribution in [0.15, 0.2) is 58.9 Å². The Kier molecular flexibility index (Phi) is 7.54. The average molecular weight is 525 g/mol. The molecule has 0 radical (unpaired) electrons. The molecule has 0 unspecified atom stereocenters. The number of amides is 1. The van der Waals surface area contributed by atoms with Crippen LogP contribution >= 0.6 is 22.9 Å². The number of ether oxygens (including phenoxy) is 1. The van der Waals surface area contributed by atoms with Gasteiger partial charge in [0.1, 0.15) is 12.4 Å². The number of piperidine rings is 1. The summed E-state index contributed by atoms with van der Waals surface area (Å²) in [4.78, 5) is 18.3. The molecule has 0 spiro atoms. The SMILES string of the molecule is O=C(NC1CCN(c2ccc(S(=O)(=O)Nc3nccs3)cc2)CC1)OCc1ccc(F)c(Cl)c1. The summed E-state index contributed by atoms with van der Waals surface area (Å²) in [6.07, 6.45) is 2.42. The van der Waals surface area contributed by atoms with E-state index in [1.54, 1.807) is 29.6 Å². The number of anilines is 2. The van der Waals surface area contributed by atoms with E-state index >= 15 is 0 Å². The standard InChI is InChI=1S/C22H22ClFN4O4S2/c23-19-13-15(1-6-20(19)24)14-32-22(29)26-16-7-10-28(11-8-16)17-2-4-18(5-3-17)34(30,31)27-21-25-9-12-33-21/h1-6,9,12-13,16H,7-8,10-11,14H2,(H,25,27)(H,26,29). The summed E-state index contributed by atoms with van der Waals surface area (Å²) in [5.41, 5.74) is 1.51. The van der Waals surface area contributed by atoms with Gasteiger partial charge in [-0.3, -0.25) is 4.72 Å². The maximum Gasteiger partial charge on any atom is 0.407 e. The van der Waals surface area contributed by atoms with E-state index in [4.69, 9.17) is 16.3 Å². The Balaban J connectivity index is 1.24. The third-order valence-electron chi connectivity index (χ3n) is 5.34. The van der Waals surface area contributed by atoms with E-state index in [0.717, 1.165) is 5.69 Å². The summed E-state index contributed by atoms with van der Waals surface area (Å²) in [6, 6.07) is 10.8. The lowest BCUT2D eigenvalue weighted by molar-refractivity contribution is 0.134. The third kappa shape index (κ3) is 6.16. The van der Waals surface area contributed by atoms with Crippen LogP contribution in [-0.4, -0.2) is 38.6 Å². The van der Waals surface area contributed by atoms with Gasteiger partial charge in [-0.25, -0.2) is 22.6 Å². The molecular formula is C22H22ClFN4O4S2. The van der Waals surface area contributed by atoms with Gasteiger partial charge >= 0.3 is 6.09 Å². The fraction of sp³-hybridized carbons (Fsp3) is 0.273. The molecule has 2 heterocycles. The van der Waals surface area contributed by atoms with Gasteiger partial charge in [-0.1, -0.05) is 17.7 Å². The molecule has 0 saturated carbocycles. The number of thiazole rings is 1. The maximum absolute atomic E-state index is 13.2. The van der Waals surface area contributed by atoms with E-state index < -0.39 is 21.9 Å². The Morgan fingerprint density at radius 2 is 1.94 bits per heavy atom. The monoisotopic (exact) mass is 524 g/mol. The number of sulfonamides is 1. The minimum atomic E-state index is -3.69. The highest BCUT2D eigenvalue weighted by Crippen LogP contribution is 2.24. The van der Waals surface area contributed by atoms with E-state index in [-0.39, 0.29) is 22.6 Å². The van der Waals surface area contributed by atoms with Crippen molar-refractivity contribution in [2.45, 2.75) is 30.4 Å². The smallest absolute Gasteiger partial charge is 0.407 e. The van der Waals surface area contributed by atoms with Crippen LogP contribution in [0.4, 0.5) is 20.0 Å². The second-order valence-corrected chi connectivity index (χ2v) is 10.7.